The van der Waals surface area contributed by atoms with E-state index in [0.29, 0.717) is 38.5 Å². The van der Waals surface area contributed by atoms with Gasteiger partial charge in [-0.15, -0.1) is 0 Å². The summed E-state index contributed by atoms with van der Waals surface area (Å²) >= 11 is 0. The van der Waals surface area contributed by atoms with Gasteiger partial charge in [0.05, 0.1) is 12.1 Å². The lowest BCUT2D eigenvalue weighted by molar-refractivity contribution is -0.194. The van der Waals surface area contributed by atoms with Crippen molar-refractivity contribution in [2.45, 2.75) is 87.1 Å². The zero-order chi connectivity index (χ0) is 19.5. The first-order valence-electron chi connectivity index (χ1n) is 9.00. The highest BCUT2D eigenvalue weighted by Gasteiger charge is 2.45. The van der Waals surface area contributed by atoms with Crippen molar-refractivity contribution in [2.24, 2.45) is 22.9 Å². The molecule has 0 unspecified atom stereocenters. The van der Waals surface area contributed by atoms with E-state index in [1.54, 1.807) is 0 Å². The number of aliphatic hydroxyl groups is 2. The minimum absolute atomic E-state index is 0.327. The first kappa shape index (κ1) is 21.0. The van der Waals surface area contributed by atoms with Gasteiger partial charge >= 0.3 is 11.9 Å². The third-order valence-corrected chi connectivity index (χ3v) is 5.28. The number of carbonyl (C=O) groups is 2. The smallest absolute Gasteiger partial charge is 0.340 e. The van der Waals surface area contributed by atoms with E-state index in [1.165, 1.54) is 0 Å². The van der Waals surface area contributed by atoms with E-state index >= 15 is 0 Å². The SMILES string of the molecule is N[C@H]1CCCC[C@]1(N)OC(=O)[C@@H](O)[C@H](O)C(=O)O[C@@]1(N)CCCC[C@@H]1N. The molecule has 0 aliphatic heterocycles. The Kier molecular flexibility index (Phi) is 6.59. The molecule has 6 atom stereocenters. The third-order valence-electron chi connectivity index (χ3n) is 5.28. The zero-order valence-corrected chi connectivity index (χ0v) is 14.8. The molecule has 2 saturated carbocycles. The number of hydrogen-bond donors (Lipinski definition) is 6. The zero-order valence-electron chi connectivity index (χ0n) is 14.8. The van der Waals surface area contributed by atoms with Gasteiger partial charge in [0, 0.05) is 12.8 Å². The highest BCUT2D eigenvalue weighted by molar-refractivity contribution is 5.85. The molecule has 2 rings (SSSR count). The molecule has 150 valence electrons. The van der Waals surface area contributed by atoms with Crippen LogP contribution in [0.15, 0.2) is 0 Å². The molecular weight excluding hydrogens is 344 g/mol. The second-order valence-electron chi connectivity index (χ2n) is 7.35. The molecule has 2 fully saturated rings. The molecule has 2 aliphatic carbocycles. The van der Waals surface area contributed by atoms with Crippen LogP contribution in [0.25, 0.3) is 0 Å². The summed E-state index contributed by atoms with van der Waals surface area (Å²) in [6.45, 7) is 0. The van der Waals surface area contributed by atoms with Crippen molar-refractivity contribution in [1.82, 2.24) is 0 Å². The summed E-state index contributed by atoms with van der Waals surface area (Å²) in [4.78, 5) is 24.2. The van der Waals surface area contributed by atoms with Crippen molar-refractivity contribution < 1.29 is 29.3 Å². The normalized spacial score (nSPS) is 37.5. The van der Waals surface area contributed by atoms with Crippen molar-refractivity contribution in [1.29, 1.82) is 0 Å². The van der Waals surface area contributed by atoms with Crippen LogP contribution < -0.4 is 22.9 Å². The van der Waals surface area contributed by atoms with E-state index < -0.39 is 47.7 Å². The number of rotatable bonds is 5. The maximum Gasteiger partial charge on any atom is 0.340 e. The molecule has 2 aliphatic rings. The lowest BCUT2D eigenvalue weighted by Gasteiger charge is -2.39. The van der Waals surface area contributed by atoms with Crippen LogP contribution in [0.5, 0.6) is 0 Å². The molecule has 0 aromatic heterocycles. The number of hydrogen-bond acceptors (Lipinski definition) is 10. The van der Waals surface area contributed by atoms with Crippen molar-refractivity contribution in [2.75, 3.05) is 0 Å². The van der Waals surface area contributed by atoms with Gasteiger partial charge in [-0.25, -0.2) is 9.59 Å². The van der Waals surface area contributed by atoms with Crippen LogP contribution in [0.3, 0.4) is 0 Å². The summed E-state index contributed by atoms with van der Waals surface area (Å²) < 4.78 is 10.2. The minimum atomic E-state index is -2.17. The minimum Gasteiger partial charge on any atom is -0.440 e. The lowest BCUT2D eigenvalue weighted by Crippen LogP contribution is -2.62. The Labute approximate surface area is 152 Å². The third kappa shape index (κ3) is 4.51. The first-order chi connectivity index (χ1) is 12.1. The Balaban J connectivity index is 1.95. The summed E-state index contributed by atoms with van der Waals surface area (Å²) in [5.41, 5.74) is 20.9. The van der Waals surface area contributed by atoms with Gasteiger partial charge in [0.25, 0.3) is 0 Å². The van der Waals surface area contributed by atoms with Gasteiger partial charge in [-0.05, 0) is 25.7 Å². The fraction of sp³-hybridized carbons (Fsp3) is 0.875. The number of carbonyl (C=O) groups excluding carboxylic acids is 2. The van der Waals surface area contributed by atoms with E-state index in [1.807, 2.05) is 0 Å². The number of ether oxygens (including phenoxy) is 2. The van der Waals surface area contributed by atoms with Gasteiger partial charge in [0.15, 0.2) is 23.7 Å². The van der Waals surface area contributed by atoms with E-state index in [2.05, 4.69) is 0 Å². The van der Waals surface area contributed by atoms with Gasteiger partial charge in [0.1, 0.15) is 0 Å². The first-order valence-corrected chi connectivity index (χ1v) is 9.00. The molecule has 0 spiro atoms. The fourth-order valence-corrected chi connectivity index (χ4v) is 3.40. The van der Waals surface area contributed by atoms with Gasteiger partial charge in [-0.1, -0.05) is 12.8 Å². The Hall–Kier alpha value is -1.30. The molecule has 0 aromatic carbocycles. The molecule has 0 heterocycles. The number of aliphatic hydroxyl groups excluding tert-OH is 2. The molecule has 26 heavy (non-hydrogen) atoms. The number of esters is 2. The Morgan fingerprint density at radius 1 is 0.808 bits per heavy atom. The average molecular weight is 374 g/mol. The second kappa shape index (κ2) is 8.15. The van der Waals surface area contributed by atoms with Crippen LogP contribution in [-0.4, -0.2) is 57.9 Å². The van der Waals surface area contributed by atoms with E-state index in [4.69, 9.17) is 32.4 Å². The quantitative estimate of drug-likeness (QED) is 0.229. The van der Waals surface area contributed by atoms with Crippen LogP contribution >= 0.6 is 0 Å². The van der Waals surface area contributed by atoms with Crippen molar-refractivity contribution in [3.63, 3.8) is 0 Å². The predicted octanol–water partition coefficient (Wildman–Crippen LogP) is -2.09. The van der Waals surface area contributed by atoms with E-state index in [0.717, 1.165) is 12.8 Å². The fourth-order valence-electron chi connectivity index (χ4n) is 3.40. The second-order valence-corrected chi connectivity index (χ2v) is 7.35. The molecule has 0 saturated heterocycles. The summed E-state index contributed by atoms with van der Waals surface area (Å²) in [5, 5.41) is 19.9. The molecule has 10 nitrogen and oxygen atoms in total. The van der Waals surface area contributed by atoms with Crippen LogP contribution in [0.2, 0.25) is 0 Å². The predicted molar refractivity (Wildman–Crippen MR) is 90.9 cm³/mol. The monoisotopic (exact) mass is 374 g/mol. The highest BCUT2D eigenvalue weighted by Crippen LogP contribution is 2.28. The van der Waals surface area contributed by atoms with Crippen LogP contribution in [0.4, 0.5) is 0 Å². The molecule has 0 aromatic rings. The maximum atomic E-state index is 12.1. The largest absolute Gasteiger partial charge is 0.440 e. The van der Waals surface area contributed by atoms with Crippen molar-refractivity contribution in [3.05, 3.63) is 0 Å². The van der Waals surface area contributed by atoms with E-state index in [-0.39, 0.29) is 0 Å². The molecule has 0 bridgehead atoms. The maximum absolute atomic E-state index is 12.1. The summed E-state index contributed by atoms with van der Waals surface area (Å²) in [6, 6.07) is -1.19. The molecule has 0 amide bonds. The van der Waals surface area contributed by atoms with Gasteiger partial charge in [-0.3, -0.25) is 11.5 Å². The average Bonchev–Trinajstić information content (AvgIpc) is 2.59. The topological polar surface area (TPSA) is 197 Å². The molecular formula is C16H30N4O6. The van der Waals surface area contributed by atoms with Crippen molar-refractivity contribution >= 4 is 11.9 Å². The molecule has 10 N–H and O–H groups in total. The van der Waals surface area contributed by atoms with E-state index in [9.17, 15) is 19.8 Å². The number of nitrogens with two attached hydrogens (primary N) is 4. The van der Waals surface area contributed by atoms with Crippen LogP contribution in [0, 0.1) is 0 Å². The summed E-state index contributed by atoms with van der Waals surface area (Å²) in [7, 11) is 0. The summed E-state index contributed by atoms with van der Waals surface area (Å²) in [6.07, 6.45) is 0.596. The summed E-state index contributed by atoms with van der Waals surface area (Å²) in [5.74, 6) is -2.48. The van der Waals surface area contributed by atoms with Crippen LogP contribution in [0.1, 0.15) is 51.4 Å². The lowest BCUT2D eigenvalue weighted by atomic mass is 9.87. The highest BCUT2D eigenvalue weighted by atomic mass is 16.6. The Morgan fingerprint density at radius 2 is 1.15 bits per heavy atom. The van der Waals surface area contributed by atoms with Crippen LogP contribution in [-0.2, 0) is 19.1 Å². The standard InChI is InChI=1S/C16H30N4O6/c17-9-5-1-3-7-15(9,19)25-13(23)11(21)12(22)14(24)26-16(20)8-4-2-6-10(16)18/h9-12,21-22H,1-8,17-20H2/t9-,10-,11-,12-,15-,16-/m0/s1. The van der Waals surface area contributed by atoms with Gasteiger partial charge in [-0.2, -0.15) is 0 Å². The Morgan fingerprint density at radius 3 is 1.46 bits per heavy atom. The van der Waals surface area contributed by atoms with Crippen molar-refractivity contribution in [3.8, 4) is 0 Å². The molecule has 0 radical (unpaired) electrons. The molecule has 10 heteroatoms. The Bertz CT molecular complexity index is 489. The van der Waals surface area contributed by atoms with Gasteiger partial charge in [0.2, 0.25) is 0 Å². The van der Waals surface area contributed by atoms with Gasteiger partial charge < -0.3 is 31.2 Å².